The van der Waals surface area contributed by atoms with Crippen molar-refractivity contribution in [3.05, 3.63) is 23.2 Å². The number of aryl methyl sites for hydroxylation is 1. The molecular formula is C17H24N4O4. The second-order valence-electron chi connectivity index (χ2n) is 7.35. The lowest BCUT2D eigenvalue weighted by molar-refractivity contribution is -0.611. The van der Waals surface area contributed by atoms with Gasteiger partial charge in [0.1, 0.15) is 11.1 Å². The quantitative estimate of drug-likeness (QED) is 0.662. The van der Waals surface area contributed by atoms with E-state index in [1.807, 2.05) is 20.8 Å². The maximum Gasteiger partial charge on any atom is 0.410 e. The van der Waals surface area contributed by atoms with Crippen LogP contribution in [0.25, 0.3) is 11.1 Å². The molecule has 1 saturated heterocycles. The molecule has 25 heavy (non-hydrogen) atoms. The van der Waals surface area contributed by atoms with Gasteiger partial charge in [-0.3, -0.25) is 0 Å². The molecule has 1 aliphatic heterocycles. The van der Waals surface area contributed by atoms with Gasteiger partial charge in [0.05, 0.1) is 0 Å². The van der Waals surface area contributed by atoms with E-state index < -0.39 is 5.60 Å². The summed E-state index contributed by atoms with van der Waals surface area (Å²) >= 11 is 0. The smallest absolute Gasteiger partial charge is 0.410 e. The molecule has 2 aromatic rings. The van der Waals surface area contributed by atoms with Crippen LogP contribution in [0.3, 0.4) is 0 Å². The summed E-state index contributed by atoms with van der Waals surface area (Å²) in [5, 5.41) is 14.8. The van der Waals surface area contributed by atoms with Crippen LogP contribution < -0.4 is 10.0 Å². The van der Waals surface area contributed by atoms with Gasteiger partial charge in [-0.25, -0.2) is 4.79 Å². The predicted molar refractivity (Wildman–Crippen MR) is 92.2 cm³/mol. The molecule has 0 saturated carbocycles. The monoisotopic (exact) mass is 348 g/mol. The van der Waals surface area contributed by atoms with Gasteiger partial charge >= 0.3 is 6.09 Å². The van der Waals surface area contributed by atoms with E-state index in [0.29, 0.717) is 35.9 Å². The van der Waals surface area contributed by atoms with Crippen LogP contribution in [0.4, 0.5) is 10.8 Å². The van der Waals surface area contributed by atoms with E-state index >= 15 is 0 Å². The Morgan fingerprint density at radius 3 is 2.76 bits per heavy atom. The fourth-order valence-electron chi connectivity index (χ4n) is 2.82. The number of nitrogens with one attached hydrogen (secondary N) is 1. The first-order valence-corrected chi connectivity index (χ1v) is 8.47. The van der Waals surface area contributed by atoms with E-state index in [2.05, 4.69) is 10.3 Å². The van der Waals surface area contributed by atoms with Gasteiger partial charge in [0.25, 0.3) is 6.01 Å². The zero-order valence-electron chi connectivity index (χ0n) is 15.0. The van der Waals surface area contributed by atoms with Gasteiger partial charge in [0.15, 0.2) is 6.20 Å². The molecule has 0 bridgehead atoms. The number of piperidine rings is 1. The van der Waals surface area contributed by atoms with Gasteiger partial charge in [-0.15, -0.1) is 0 Å². The molecule has 8 nitrogen and oxygen atoms in total. The van der Waals surface area contributed by atoms with E-state index in [1.54, 1.807) is 17.9 Å². The average molecular weight is 348 g/mol. The normalized spacial score (nSPS) is 16.2. The summed E-state index contributed by atoms with van der Waals surface area (Å²) in [4.78, 5) is 18.2. The Labute approximate surface area is 146 Å². The molecule has 0 spiro atoms. The molecule has 1 N–H and O–H groups in total. The molecule has 3 rings (SSSR count). The molecule has 8 heteroatoms. The second kappa shape index (κ2) is 6.42. The first kappa shape index (κ1) is 17.3. The average Bonchev–Trinajstić information content (AvgIpc) is 2.93. The lowest BCUT2D eigenvalue weighted by atomic mass is 10.1. The maximum atomic E-state index is 12.1. The molecular weight excluding hydrogens is 324 g/mol. The summed E-state index contributed by atoms with van der Waals surface area (Å²) in [5.41, 5.74) is 1.14. The number of carbonyl (C=O) groups is 1. The fourth-order valence-corrected chi connectivity index (χ4v) is 2.82. The van der Waals surface area contributed by atoms with E-state index in [-0.39, 0.29) is 12.1 Å². The third-order valence-electron chi connectivity index (χ3n) is 4.15. The van der Waals surface area contributed by atoms with Crippen LogP contribution in [-0.4, -0.2) is 40.7 Å². The minimum absolute atomic E-state index is 0.159. The summed E-state index contributed by atoms with van der Waals surface area (Å²) in [7, 11) is 0. The second-order valence-corrected chi connectivity index (χ2v) is 7.35. The number of fused-ring (bicyclic) bond motifs is 1. The van der Waals surface area contributed by atoms with Crippen LogP contribution in [0.5, 0.6) is 0 Å². The highest BCUT2D eigenvalue weighted by atomic mass is 16.6. The Morgan fingerprint density at radius 1 is 1.44 bits per heavy atom. The van der Waals surface area contributed by atoms with Crippen LogP contribution >= 0.6 is 0 Å². The van der Waals surface area contributed by atoms with Crippen LogP contribution in [-0.2, 0) is 4.74 Å². The molecule has 0 aromatic carbocycles. The van der Waals surface area contributed by atoms with Crippen molar-refractivity contribution in [3.8, 4) is 0 Å². The van der Waals surface area contributed by atoms with Crippen molar-refractivity contribution in [3.63, 3.8) is 0 Å². The minimum Gasteiger partial charge on any atom is -0.618 e. The highest BCUT2D eigenvalue weighted by Crippen LogP contribution is 2.23. The summed E-state index contributed by atoms with van der Waals surface area (Å²) in [5.74, 6) is 0. The highest BCUT2D eigenvalue weighted by molar-refractivity contribution is 5.75. The Kier molecular flexibility index (Phi) is 4.45. The van der Waals surface area contributed by atoms with Crippen molar-refractivity contribution in [2.24, 2.45) is 0 Å². The van der Waals surface area contributed by atoms with Crippen molar-refractivity contribution < 1.29 is 18.7 Å². The molecule has 1 fully saturated rings. The predicted octanol–water partition coefficient (Wildman–Crippen LogP) is 2.58. The van der Waals surface area contributed by atoms with Crippen molar-refractivity contribution in [1.82, 2.24) is 9.88 Å². The molecule has 3 heterocycles. The topological polar surface area (TPSA) is 94.5 Å². The SMILES string of the molecule is Cc1c2oc(NC3CCN(C(=O)OC(C)(C)C)CC3)nc2cc[n+]1[O-]. The number of ether oxygens (including phenoxy) is 1. The number of pyridine rings is 1. The fraction of sp³-hybridized carbons (Fsp3) is 0.588. The largest absolute Gasteiger partial charge is 0.618 e. The van der Waals surface area contributed by atoms with Gasteiger partial charge in [-0.2, -0.15) is 9.71 Å². The Balaban J connectivity index is 1.59. The molecule has 1 aliphatic rings. The molecule has 0 aliphatic carbocycles. The van der Waals surface area contributed by atoms with E-state index in [0.717, 1.165) is 17.6 Å². The van der Waals surface area contributed by atoms with E-state index in [9.17, 15) is 10.0 Å². The third kappa shape index (κ3) is 3.94. The molecule has 0 unspecified atom stereocenters. The van der Waals surface area contributed by atoms with Crippen molar-refractivity contribution in [1.29, 1.82) is 0 Å². The van der Waals surface area contributed by atoms with Crippen LogP contribution in [0.2, 0.25) is 0 Å². The van der Waals surface area contributed by atoms with Gasteiger partial charge < -0.3 is 24.6 Å². The van der Waals surface area contributed by atoms with Gasteiger partial charge in [0, 0.05) is 32.1 Å². The third-order valence-corrected chi connectivity index (χ3v) is 4.15. The maximum absolute atomic E-state index is 12.1. The number of hydrogen-bond acceptors (Lipinski definition) is 6. The van der Waals surface area contributed by atoms with E-state index in [4.69, 9.17) is 9.15 Å². The lowest BCUT2D eigenvalue weighted by Crippen LogP contribution is -2.44. The Hall–Kier alpha value is -2.51. The summed E-state index contributed by atoms with van der Waals surface area (Å²) in [6, 6.07) is 2.20. The zero-order valence-corrected chi connectivity index (χ0v) is 15.0. The number of carbonyl (C=O) groups excluding carboxylic acids is 1. The summed E-state index contributed by atoms with van der Waals surface area (Å²) < 4.78 is 11.8. The number of amides is 1. The summed E-state index contributed by atoms with van der Waals surface area (Å²) in [6.07, 6.45) is 2.70. The van der Waals surface area contributed by atoms with Crippen molar-refractivity contribution >= 4 is 23.2 Å². The van der Waals surface area contributed by atoms with E-state index in [1.165, 1.54) is 6.20 Å². The molecule has 0 atom stereocenters. The standard InChI is InChI=1S/C17H24N4O4/c1-11-14-13(7-10-21(11)23)19-15(24-14)18-12-5-8-20(9-6-12)16(22)25-17(2,3)4/h7,10,12H,5-6,8-9H2,1-4H3,(H,18,19). The number of likely N-dealkylation sites (tertiary alicyclic amines) is 1. The Morgan fingerprint density at radius 2 is 2.12 bits per heavy atom. The zero-order chi connectivity index (χ0) is 18.2. The molecule has 136 valence electrons. The number of aromatic nitrogens is 2. The van der Waals surface area contributed by atoms with Crippen LogP contribution in [0, 0.1) is 12.1 Å². The van der Waals surface area contributed by atoms with Gasteiger partial charge in [-0.05, 0) is 33.6 Å². The number of oxazole rings is 1. The number of nitrogens with zero attached hydrogens (tertiary/aromatic N) is 3. The highest BCUT2D eigenvalue weighted by Gasteiger charge is 2.27. The van der Waals surface area contributed by atoms with Gasteiger partial charge in [0.2, 0.25) is 11.3 Å². The van der Waals surface area contributed by atoms with Crippen molar-refractivity contribution in [2.45, 2.75) is 52.2 Å². The van der Waals surface area contributed by atoms with Crippen molar-refractivity contribution in [2.75, 3.05) is 18.4 Å². The molecule has 2 aromatic heterocycles. The Bertz CT molecular complexity index is 773. The first-order valence-electron chi connectivity index (χ1n) is 8.47. The first-order chi connectivity index (χ1) is 11.7. The summed E-state index contributed by atoms with van der Waals surface area (Å²) in [6.45, 7) is 8.52. The van der Waals surface area contributed by atoms with Gasteiger partial charge in [-0.1, -0.05) is 0 Å². The molecule has 1 amide bonds. The minimum atomic E-state index is -0.485. The lowest BCUT2D eigenvalue weighted by Gasteiger charge is -2.33. The number of rotatable bonds is 2. The number of anilines is 1. The molecule has 0 radical (unpaired) electrons. The van der Waals surface area contributed by atoms with Crippen LogP contribution in [0.15, 0.2) is 16.7 Å². The number of hydrogen-bond donors (Lipinski definition) is 1. The van der Waals surface area contributed by atoms with Crippen LogP contribution in [0.1, 0.15) is 39.3 Å².